The lowest BCUT2D eigenvalue weighted by Crippen LogP contribution is -2.49. The third-order valence-corrected chi connectivity index (χ3v) is 5.07. The van der Waals surface area contributed by atoms with Gasteiger partial charge in [0.15, 0.2) is 0 Å². The molecule has 0 saturated carbocycles. The first kappa shape index (κ1) is 18.5. The molecule has 6 nitrogen and oxygen atoms in total. The zero-order valence-electron chi connectivity index (χ0n) is 14.9. The van der Waals surface area contributed by atoms with Crippen molar-refractivity contribution < 1.29 is 9.18 Å². The highest BCUT2D eigenvalue weighted by Crippen LogP contribution is 2.22. The van der Waals surface area contributed by atoms with Crippen molar-refractivity contribution in [2.24, 2.45) is 0 Å². The molecule has 3 heterocycles. The number of aromatic nitrogens is 3. The van der Waals surface area contributed by atoms with Crippen LogP contribution in [0, 0.1) is 5.82 Å². The second-order valence-electron chi connectivity index (χ2n) is 6.44. The minimum atomic E-state index is -0.278. The Morgan fingerprint density at radius 1 is 1.00 bits per heavy atom. The molecule has 2 aromatic heterocycles. The Hall–Kier alpha value is -2.87. The summed E-state index contributed by atoms with van der Waals surface area (Å²) in [5, 5.41) is 0. The molecule has 1 saturated heterocycles. The molecule has 3 aromatic rings. The summed E-state index contributed by atoms with van der Waals surface area (Å²) in [6.07, 6.45) is 4.75. The number of nitrogens with zero attached hydrogens (tertiary/aromatic N) is 5. The number of amides is 1. The summed E-state index contributed by atoms with van der Waals surface area (Å²) in [5.74, 6) is 0.494. The second kappa shape index (κ2) is 8.02. The molecule has 0 atom stereocenters. The van der Waals surface area contributed by atoms with Crippen molar-refractivity contribution in [3.63, 3.8) is 0 Å². The summed E-state index contributed by atoms with van der Waals surface area (Å²) in [6, 6.07) is 9.90. The van der Waals surface area contributed by atoms with Crippen molar-refractivity contribution in [1.82, 2.24) is 19.9 Å². The zero-order valence-corrected chi connectivity index (χ0v) is 16.5. The molecule has 0 spiro atoms. The second-order valence-corrected chi connectivity index (χ2v) is 7.36. The maximum absolute atomic E-state index is 13.1. The summed E-state index contributed by atoms with van der Waals surface area (Å²) in [6.45, 7) is 2.54. The smallest absolute Gasteiger partial charge is 0.255 e. The van der Waals surface area contributed by atoms with Gasteiger partial charge >= 0.3 is 0 Å². The Balaban J connectivity index is 1.44. The molecule has 1 fully saturated rings. The van der Waals surface area contributed by atoms with E-state index in [1.807, 2.05) is 11.0 Å². The van der Waals surface area contributed by atoms with Crippen LogP contribution in [-0.4, -0.2) is 51.9 Å². The maximum atomic E-state index is 13.1. The molecule has 1 aliphatic heterocycles. The van der Waals surface area contributed by atoms with Crippen LogP contribution in [0.1, 0.15) is 10.4 Å². The molecular weight excluding hydrogens is 425 g/mol. The predicted molar refractivity (Wildman–Crippen MR) is 107 cm³/mol. The molecule has 4 rings (SSSR count). The van der Waals surface area contributed by atoms with Gasteiger partial charge in [-0.2, -0.15) is 0 Å². The molecular formula is C20H17BrFN5O. The molecule has 8 heteroatoms. The first-order valence-corrected chi connectivity index (χ1v) is 9.62. The number of piperazine rings is 1. The van der Waals surface area contributed by atoms with Crippen LogP contribution in [0.15, 0.2) is 59.6 Å². The number of hydrogen-bond donors (Lipinski definition) is 0. The largest absolute Gasteiger partial charge is 0.353 e. The molecule has 0 unspecified atom stereocenters. The van der Waals surface area contributed by atoms with Crippen LogP contribution in [0.25, 0.3) is 11.3 Å². The van der Waals surface area contributed by atoms with Gasteiger partial charge in [0.25, 0.3) is 5.91 Å². The summed E-state index contributed by atoms with van der Waals surface area (Å²) in [5.41, 5.74) is 2.15. The fourth-order valence-electron chi connectivity index (χ4n) is 3.15. The number of rotatable bonds is 3. The third kappa shape index (κ3) is 4.01. The van der Waals surface area contributed by atoms with Crippen LogP contribution < -0.4 is 4.90 Å². The zero-order chi connectivity index (χ0) is 19.5. The Labute approximate surface area is 170 Å². The van der Waals surface area contributed by atoms with Crippen molar-refractivity contribution in [2.45, 2.75) is 0 Å². The topological polar surface area (TPSA) is 62.2 Å². The maximum Gasteiger partial charge on any atom is 0.255 e. The Morgan fingerprint density at radius 3 is 2.46 bits per heavy atom. The normalized spacial score (nSPS) is 14.2. The van der Waals surface area contributed by atoms with E-state index in [0.717, 1.165) is 21.5 Å². The van der Waals surface area contributed by atoms with Crippen molar-refractivity contribution in [2.75, 3.05) is 31.1 Å². The van der Waals surface area contributed by atoms with Crippen molar-refractivity contribution in [1.29, 1.82) is 0 Å². The summed E-state index contributed by atoms with van der Waals surface area (Å²) in [7, 11) is 0. The lowest BCUT2D eigenvalue weighted by Gasteiger charge is -2.35. The van der Waals surface area contributed by atoms with E-state index in [4.69, 9.17) is 0 Å². The molecule has 1 aliphatic rings. The Bertz CT molecular complexity index is 990. The van der Waals surface area contributed by atoms with Crippen LogP contribution in [0.3, 0.4) is 0 Å². The monoisotopic (exact) mass is 441 g/mol. The predicted octanol–water partition coefficient (Wildman–Crippen LogP) is 3.40. The van der Waals surface area contributed by atoms with Crippen LogP contribution in [0.2, 0.25) is 0 Å². The molecule has 142 valence electrons. The van der Waals surface area contributed by atoms with Gasteiger partial charge < -0.3 is 9.80 Å². The van der Waals surface area contributed by atoms with Crippen LogP contribution in [0.4, 0.5) is 10.2 Å². The van der Waals surface area contributed by atoms with Gasteiger partial charge in [-0.3, -0.25) is 9.78 Å². The van der Waals surface area contributed by atoms with Gasteiger partial charge in [-0.25, -0.2) is 14.4 Å². The van der Waals surface area contributed by atoms with E-state index in [-0.39, 0.29) is 11.7 Å². The van der Waals surface area contributed by atoms with E-state index < -0.39 is 0 Å². The Kier molecular flexibility index (Phi) is 5.29. The summed E-state index contributed by atoms with van der Waals surface area (Å²) >= 11 is 3.35. The van der Waals surface area contributed by atoms with Crippen LogP contribution in [0.5, 0.6) is 0 Å². The Morgan fingerprint density at radius 2 is 1.75 bits per heavy atom. The standard InChI is InChI=1S/C20H17BrFN5O/c21-16-9-15(11-23-12-16)20(28)27-7-5-26(6-8-27)19-10-18(24-13-25-19)14-1-3-17(22)4-2-14/h1-4,9-13H,5-8H2. The van der Waals surface area contributed by atoms with Gasteiger partial charge in [0, 0.05) is 54.7 Å². The lowest BCUT2D eigenvalue weighted by molar-refractivity contribution is 0.0746. The number of anilines is 1. The first-order chi connectivity index (χ1) is 13.6. The van der Waals surface area contributed by atoms with E-state index in [0.29, 0.717) is 31.7 Å². The van der Waals surface area contributed by atoms with Gasteiger partial charge in [0.2, 0.25) is 0 Å². The van der Waals surface area contributed by atoms with Crippen molar-refractivity contribution >= 4 is 27.7 Å². The first-order valence-electron chi connectivity index (χ1n) is 8.83. The number of carbonyl (C=O) groups is 1. The molecule has 1 amide bonds. The van der Waals surface area contributed by atoms with Gasteiger partial charge in [-0.1, -0.05) is 0 Å². The van der Waals surface area contributed by atoms with E-state index in [2.05, 4.69) is 35.8 Å². The highest BCUT2D eigenvalue weighted by atomic mass is 79.9. The number of pyridine rings is 1. The fourth-order valence-corrected chi connectivity index (χ4v) is 3.51. The average Bonchev–Trinajstić information content (AvgIpc) is 2.74. The molecule has 0 aliphatic carbocycles. The van der Waals surface area contributed by atoms with Gasteiger partial charge in [0.05, 0.1) is 11.3 Å². The quantitative estimate of drug-likeness (QED) is 0.623. The van der Waals surface area contributed by atoms with E-state index in [1.165, 1.54) is 18.5 Å². The van der Waals surface area contributed by atoms with E-state index in [1.54, 1.807) is 30.6 Å². The van der Waals surface area contributed by atoms with Crippen LogP contribution in [-0.2, 0) is 0 Å². The minimum Gasteiger partial charge on any atom is -0.353 e. The van der Waals surface area contributed by atoms with Crippen molar-refractivity contribution in [3.05, 3.63) is 71.0 Å². The molecule has 0 N–H and O–H groups in total. The molecule has 0 radical (unpaired) electrons. The van der Waals surface area contributed by atoms with Gasteiger partial charge in [-0.05, 0) is 46.3 Å². The van der Waals surface area contributed by atoms with Gasteiger partial charge in [-0.15, -0.1) is 0 Å². The minimum absolute atomic E-state index is 0.0249. The van der Waals surface area contributed by atoms with E-state index in [9.17, 15) is 9.18 Å². The average molecular weight is 442 g/mol. The lowest BCUT2D eigenvalue weighted by atomic mass is 10.1. The molecule has 28 heavy (non-hydrogen) atoms. The van der Waals surface area contributed by atoms with Crippen molar-refractivity contribution in [3.8, 4) is 11.3 Å². The number of carbonyl (C=O) groups excluding carboxylic acids is 1. The van der Waals surface area contributed by atoms with E-state index >= 15 is 0 Å². The fraction of sp³-hybridized carbons (Fsp3) is 0.200. The number of benzene rings is 1. The summed E-state index contributed by atoms with van der Waals surface area (Å²) in [4.78, 5) is 29.3. The third-order valence-electron chi connectivity index (χ3n) is 4.64. The highest BCUT2D eigenvalue weighted by molar-refractivity contribution is 9.10. The number of halogens is 2. The SMILES string of the molecule is O=C(c1cncc(Br)c1)N1CCN(c2cc(-c3ccc(F)cc3)ncn2)CC1. The van der Waals surface area contributed by atoms with Crippen LogP contribution >= 0.6 is 15.9 Å². The molecule has 1 aromatic carbocycles. The molecule has 0 bridgehead atoms. The summed E-state index contributed by atoms with van der Waals surface area (Å²) < 4.78 is 13.9. The van der Waals surface area contributed by atoms with Gasteiger partial charge in [0.1, 0.15) is 18.0 Å². The number of hydrogen-bond acceptors (Lipinski definition) is 5. The highest BCUT2D eigenvalue weighted by Gasteiger charge is 2.23.